The Labute approximate surface area is 271 Å². The van der Waals surface area contributed by atoms with Gasteiger partial charge in [0.25, 0.3) is 0 Å². The third-order valence-corrected chi connectivity index (χ3v) is 10.5. The molecule has 4 heterocycles. The molecule has 7 rings (SSSR count). The monoisotopic (exact) mass is 617 g/mol. The molecular formula is C39H43N3O4. The van der Waals surface area contributed by atoms with Crippen molar-refractivity contribution in [3.05, 3.63) is 107 Å². The minimum absolute atomic E-state index is 0.0206. The normalized spacial score (nSPS) is 25.7. The van der Waals surface area contributed by atoms with E-state index in [-0.39, 0.29) is 47.5 Å². The third-order valence-electron chi connectivity index (χ3n) is 10.5. The molecule has 0 spiro atoms. The molecule has 2 amide bonds. The number of likely N-dealkylation sites (tertiary alicyclic amines) is 2. The van der Waals surface area contributed by atoms with Crippen molar-refractivity contribution < 1.29 is 19.4 Å². The van der Waals surface area contributed by atoms with E-state index in [1.54, 1.807) is 23.2 Å². The summed E-state index contributed by atoms with van der Waals surface area (Å²) in [7, 11) is 0. The van der Waals surface area contributed by atoms with Crippen LogP contribution in [0.3, 0.4) is 0 Å². The fourth-order valence-corrected chi connectivity index (χ4v) is 8.30. The largest absolute Gasteiger partial charge is 0.508 e. The Morgan fingerprint density at radius 2 is 1.78 bits per heavy atom. The smallest absolute Gasteiger partial charge is 0.234 e. The lowest BCUT2D eigenvalue weighted by Crippen LogP contribution is -2.47. The van der Waals surface area contributed by atoms with Gasteiger partial charge in [-0.05, 0) is 91.1 Å². The second kappa shape index (κ2) is 13.3. The van der Waals surface area contributed by atoms with E-state index >= 15 is 0 Å². The first-order valence-electron chi connectivity index (χ1n) is 16.9. The summed E-state index contributed by atoms with van der Waals surface area (Å²) in [5, 5.41) is 10.0. The predicted molar refractivity (Wildman–Crippen MR) is 178 cm³/mol. The number of allylic oxidation sites excluding steroid dienone is 2. The minimum Gasteiger partial charge on any atom is -0.508 e. The van der Waals surface area contributed by atoms with Crippen LogP contribution in [0.25, 0.3) is 11.6 Å². The average Bonchev–Trinajstić information content (AvgIpc) is 3.61. The van der Waals surface area contributed by atoms with E-state index in [4.69, 9.17) is 4.74 Å². The zero-order chi connectivity index (χ0) is 31.6. The number of hydrogen-bond donors (Lipinski definition) is 1. The summed E-state index contributed by atoms with van der Waals surface area (Å²) in [6.07, 6.45) is 8.48. The number of benzene rings is 2. The summed E-state index contributed by atoms with van der Waals surface area (Å²) in [5.41, 5.74) is 6.75. The number of phenolic OH excluding ortho intramolecular Hbond substituents is 1. The first-order chi connectivity index (χ1) is 22.5. The van der Waals surface area contributed by atoms with Crippen LogP contribution in [-0.2, 0) is 20.9 Å². The number of nitrogens with zero attached hydrogens (tertiary/aromatic N) is 3. The van der Waals surface area contributed by atoms with Gasteiger partial charge in [0.15, 0.2) is 0 Å². The number of ether oxygens (including phenoxy) is 1. The van der Waals surface area contributed by atoms with Crippen molar-refractivity contribution in [1.82, 2.24) is 14.8 Å². The maximum atomic E-state index is 14.1. The molecule has 7 nitrogen and oxygen atoms in total. The van der Waals surface area contributed by atoms with Crippen molar-refractivity contribution >= 4 is 23.5 Å². The van der Waals surface area contributed by atoms with Crippen LogP contribution in [0.15, 0.2) is 90.1 Å². The number of carbonyl (C=O) groups is 2. The Balaban J connectivity index is 1.06. The average molecular weight is 618 g/mol. The van der Waals surface area contributed by atoms with Crippen molar-refractivity contribution in [3.8, 4) is 5.75 Å². The Bertz CT molecular complexity index is 1630. The molecule has 3 saturated heterocycles. The third kappa shape index (κ3) is 6.06. The Morgan fingerprint density at radius 1 is 0.978 bits per heavy atom. The highest BCUT2D eigenvalue weighted by Crippen LogP contribution is 2.51. The molecule has 238 valence electrons. The number of hydrogen-bond acceptors (Lipinski definition) is 6. The van der Waals surface area contributed by atoms with Gasteiger partial charge in [0.05, 0.1) is 30.2 Å². The molecule has 46 heavy (non-hydrogen) atoms. The second-order valence-electron chi connectivity index (χ2n) is 13.2. The van der Waals surface area contributed by atoms with Gasteiger partial charge in [0.1, 0.15) is 5.75 Å². The second-order valence-corrected chi connectivity index (χ2v) is 13.2. The van der Waals surface area contributed by atoms with Crippen LogP contribution in [-0.4, -0.2) is 63.5 Å². The lowest BCUT2D eigenvalue weighted by molar-refractivity contribution is -0.144. The van der Waals surface area contributed by atoms with E-state index < -0.39 is 0 Å². The molecular weight excluding hydrogens is 574 g/mol. The van der Waals surface area contributed by atoms with Crippen LogP contribution >= 0.6 is 0 Å². The minimum atomic E-state index is -0.316. The number of imide groups is 1. The molecule has 3 aliphatic heterocycles. The van der Waals surface area contributed by atoms with Crippen LogP contribution in [0.2, 0.25) is 0 Å². The number of aromatic nitrogens is 1. The number of carbonyl (C=O) groups excluding carboxylic acids is 2. The molecule has 3 aromatic rings. The summed E-state index contributed by atoms with van der Waals surface area (Å²) < 4.78 is 6.50. The molecule has 3 fully saturated rings. The van der Waals surface area contributed by atoms with Gasteiger partial charge < -0.3 is 9.84 Å². The predicted octanol–water partition coefficient (Wildman–Crippen LogP) is 6.50. The van der Waals surface area contributed by atoms with E-state index in [1.165, 1.54) is 16.7 Å². The molecule has 7 heteroatoms. The maximum Gasteiger partial charge on any atom is 0.234 e. The summed E-state index contributed by atoms with van der Waals surface area (Å²) in [6.45, 7) is 5.33. The quantitative estimate of drug-likeness (QED) is 0.218. The van der Waals surface area contributed by atoms with E-state index in [9.17, 15) is 14.7 Å². The van der Waals surface area contributed by atoms with Crippen molar-refractivity contribution in [2.45, 2.75) is 64.1 Å². The molecule has 4 aliphatic rings. The number of piperidine rings is 1. The summed E-state index contributed by atoms with van der Waals surface area (Å²) in [4.78, 5) is 36.8. The van der Waals surface area contributed by atoms with Crippen molar-refractivity contribution in [3.63, 3.8) is 0 Å². The Kier molecular flexibility index (Phi) is 8.87. The summed E-state index contributed by atoms with van der Waals surface area (Å²) >= 11 is 0. The Morgan fingerprint density at radius 3 is 2.52 bits per heavy atom. The molecule has 0 bridgehead atoms. The van der Waals surface area contributed by atoms with Crippen molar-refractivity contribution in [2.24, 2.45) is 17.8 Å². The molecule has 0 radical (unpaired) electrons. The van der Waals surface area contributed by atoms with Crippen LogP contribution in [0.4, 0.5) is 0 Å². The van der Waals surface area contributed by atoms with Gasteiger partial charge in [-0.1, -0.05) is 61.0 Å². The summed E-state index contributed by atoms with van der Waals surface area (Å²) in [5.74, 6) is -0.327. The number of pyridine rings is 1. The van der Waals surface area contributed by atoms with Crippen molar-refractivity contribution in [1.29, 1.82) is 0 Å². The van der Waals surface area contributed by atoms with Gasteiger partial charge >= 0.3 is 0 Å². The SMILES string of the molecule is CCC1=C2[C@@H](CC/C(=C/c3cccc(O)c3)c3ccccn3)OC[C@@H]2[C@@H]2C(=O)N(C3CCN(Cc4ccccc4)CC3)C(=O)[C@@H]2C1. The highest BCUT2D eigenvalue weighted by molar-refractivity contribution is 6.06. The van der Waals surface area contributed by atoms with E-state index in [2.05, 4.69) is 47.1 Å². The number of amides is 2. The lowest BCUT2D eigenvalue weighted by atomic mass is 9.69. The van der Waals surface area contributed by atoms with Gasteiger partial charge in [0.2, 0.25) is 11.8 Å². The standard InChI is InChI=1S/C39H43N3O4/c1-2-28-23-32-37(39(45)42(38(32)44)30-16-19-41(20-17-30)24-26-9-4-3-5-10-26)33-25-46-35(36(28)33)15-14-29(34-13-6-7-18-40-34)21-27-11-8-12-31(43)22-27/h3-13,18,21-22,30,32-33,35,37,43H,2,14-17,19-20,23-25H2,1H3/b29-21-/t32-,33+,35-,37-/m1/s1. The zero-order valence-electron chi connectivity index (χ0n) is 26.6. The van der Waals surface area contributed by atoms with Gasteiger partial charge in [0, 0.05) is 37.8 Å². The van der Waals surface area contributed by atoms with Crippen LogP contribution in [0.5, 0.6) is 5.75 Å². The Hall–Kier alpha value is -4.07. The molecule has 4 atom stereocenters. The number of fused-ring (bicyclic) bond motifs is 3. The fraction of sp³-hybridized carbons (Fsp3) is 0.410. The topological polar surface area (TPSA) is 83.0 Å². The molecule has 2 aromatic carbocycles. The molecule has 1 aliphatic carbocycles. The first kappa shape index (κ1) is 30.6. The first-order valence-corrected chi connectivity index (χ1v) is 16.9. The zero-order valence-corrected chi connectivity index (χ0v) is 26.6. The van der Waals surface area contributed by atoms with E-state index in [1.807, 2.05) is 36.4 Å². The highest BCUT2D eigenvalue weighted by Gasteiger charge is 2.58. The lowest BCUT2D eigenvalue weighted by Gasteiger charge is -2.36. The fourth-order valence-electron chi connectivity index (χ4n) is 8.30. The van der Waals surface area contributed by atoms with Crippen molar-refractivity contribution in [2.75, 3.05) is 19.7 Å². The van der Waals surface area contributed by atoms with Crippen LogP contribution in [0, 0.1) is 17.8 Å². The molecule has 0 unspecified atom stereocenters. The van der Waals surface area contributed by atoms with Gasteiger partial charge in [-0.25, -0.2) is 0 Å². The molecule has 1 aromatic heterocycles. The van der Waals surface area contributed by atoms with Gasteiger partial charge in [-0.15, -0.1) is 0 Å². The number of aromatic hydroxyl groups is 1. The number of phenols is 1. The van der Waals surface area contributed by atoms with Gasteiger partial charge in [-0.2, -0.15) is 0 Å². The van der Waals surface area contributed by atoms with E-state index in [0.29, 0.717) is 13.0 Å². The molecule has 1 N–H and O–H groups in total. The maximum absolute atomic E-state index is 14.1. The summed E-state index contributed by atoms with van der Waals surface area (Å²) in [6, 6.07) is 23.6. The van der Waals surface area contributed by atoms with Crippen LogP contribution in [0.1, 0.15) is 62.3 Å². The molecule has 0 saturated carbocycles. The van der Waals surface area contributed by atoms with E-state index in [0.717, 1.165) is 68.6 Å². The van der Waals surface area contributed by atoms with Gasteiger partial charge in [-0.3, -0.25) is 24.4 Å². The van der Waals surface area contributed by atoms with Crippen LogP contribution < -0.4 is 0 Å². The highest BCUT2D eigenvalue weighted by atomic mass is 16.5. The number of rotatable bonds is 9.